The minimum absolute atomic E-state index is 0.319. The number of carboxylic acid groups (broad SMARTS) is 1. The second-order valence-corrected chi connectivity index (χ2v) is 3.01. The Morgan fingerprint density at radius 2 is 2.42 bits per heavy atom. The third-order valence-electron chi connectivity index (χ3n) is 1.34. The van der Waals surface area contributed by atoms with Crippen molar-refractivity contribution in [3.63, 3.8) is 0 Å². The molecule has 0 aliphatic carbocycles. The number of carboxylic acids is 1. The molecule has 66 valence electrons. The molecule has 1 atom stereocenters. The Balaban J connectivity index is 3.18. The number of carbonyl (C=O) groups is 1. The van der Waals surface area contributed by atoms with Crippen LogP contribution in [0.2, 0.25) is 0 Å². The molecule has 1 aromatic heterocycles. The number of hydrogen-bond acceptors (Lipinski definition) is 3. The zero-order valence-electron chi connectivity index (χ0n) is 6.15. The van der Waals surface area contributed by atoms with Crippen molar-refractivity contribution in [2.24, 2.45) is 0 Å². The lowest BCUT2D eigenvalue weighted by atomic mass is 10.5. The first-order valence-electron chi connectivity index (χ1n) is 3.07. The molecule has 0 radical (unpaired) electrons. The number of nitrogens with zero attached hydrogens (tertiary/aromatic N) is 1. The average molecular weight is 191 g/mol. The number of aromatic nitrogens is 1. The van der Waals surface area contributed by atoms with Crippen LogP contribution in [0.1, 0.15) is 12.0 Å². The molecule has 12 heavy (non-hydrogen) atoms. The summed E-state index contributed by atoms with van der Waals surface area (Å²) < 4.78 is 13.4. The molecule has 0 amide bonds. The van der Waals surface area contributed by atoms with Gasteiger partial charge in [-0.15, -0.1) is 0 Å². The summed E-state index contributed by atoms with van der Waals surface area (Å²) in [5.41, 5.74) is 0.319. The predicted octanol–water partition coefficient (Wildman–Crippen LogP) is 0.771. The van der Waals surface area contributed by atoms with E-state index in [1.54, 1.807) is 0 Å². The molecule has 0 saturated carbocycles. The van der Waals surface area contributed by atoms with Crippen LogP contribution in [-0.4, -0.2) is 15.6 Å². The number of aliphatic carboxylic acids is 1. The molecule has 1 heterocycles. The first-order valence-corrected chi connectivity index (χ1v) is 3.95. The smallest absolute Gasteiger partial charge is 0.360 e. The van der Waals surface area contributed by atoms with E-state index in [-0.39, 0.29) is 0 Å². The van der Waals surface area contributed by atoms with Gasteiger partial charge >= 0.3 is 10.8 Å². The second-order valence-electron chi connectivity index (χ2n) is 2.19. The van der Waals surface area contributed by atoms with E-state index in [2.05, 4.69) is 0 Å². The van der Waals surface area contributed by atoms with Crippen LogP contribution in [-0.2, 0) is 4.79 Å². The van der Waals surface area contributed by atoms with Crippen LogP contribution in [0.4, 0.5) is 4.39 Å². The highest BCUT2D eigenvalue weighted by Gasteiger charge is 2.21. The van der Waals surface area contributed by atoms with Gasteiger partial charge in [-0.05, 0) is 6.92 Å². The van der Waals surface area contributed by atoms with Gasteiger partial charge in [-0.3, -0.25) is 9.36 Å². The molecule has 1 rings (SSSR count). The summed E-state index contributed by atoms with van der Waals surface area (Å²) >= 11 is 0.781. The maximum atomic E-state index is 12.8. The van der Waals surface area contributed by atoms with Gasteiger partial charge in [0.2, 0.25) is 0 Å². The molecule has 1 aromatic rings. The Hall–Kier alpha value is -1.17. The summed E-state index contributed by atoms with van der Waals surface area (Å²) in [6.45, 7) is 1.48. The summed E-state index contributed by atoms with van der Waals surface area (Å²) in [5, 5.41) is 9.69. The lowest BCUT2D eigenvalue weighted by molar-refractivity contribution is -0.146. The van der Waals surface area contributed by atoms with E-state index in [1.165, 1.54) is 12.3 Å². The van der Waals surface area contributed by atoms with Crippen LogP contribution in [0.5, 0.6) is 0 Å². The fraction of sp³-hybridized carbons (Fsp3) is 0.333. The van der Waals surface area contributed by atoms with Gasteiger partial charge in [0.25, 0.3) is 6.30 Å². The van der Waals surface area contributed by atoms with Crippen molar-refractivity contribution < 1.29 is 14.3 Å². The Labute approximate surface area is 70.9 Å². The SMILES string of the molecule is Cc1csc(=O)n1C(F)C(=O)O. The number of halogens is 1. The minimum atomic E-state index is -2.27. The quantitative estimate of drug-likeness (QED) is 0.751. The van der Waals surface area contributed by atoms with Crippen molar-refractivity contribution in [1.82, 2.24) is 4.57 Å². The third-order valence-corrected chi connectivity index (χ3v) is 2.19. The van der Waals surface area contributed by atoms with Gasteiger partial charge in [0.15, 0.2) is 0 Å². The second kappa shape index (κ2) is 3.06. The zero-order chi connectivity index (χ0) is 9.30. The lowest BCUT2D eigenvalue weighted by Crippen LogP contribution is -2.23. The van der Waals surface area contributed by atoms with Crippen LogP contribution in [0, 0.1) is 6.92 Å². The van der Waals surface area contributed by atoms with E-state index >= 15 is 0 Å². The van der Waals surface area contributed by atoms with Crippen molar-refractivity contribution in [2.75, 3.05) is 0 Å². The Kier molecular flexibility index (Phi) is 2.27. The lowest BCUT2D eigenvalue weighted by Gasteiger charge is -2.04. The van der Waals surface area contributed by atoms with Crippen LogP contribution in [0.3, 0.4) is 0 Å². The number of thiazole rings is 1. The Bertz CT molecular complexity index is 356. The van der Waals surface area contributed by atoms with E-state index in [4.69, 9.17) is 5.11 Å². The van der Waals surface area contributed by atoms with Crippen LogP contribution in [0.25, 0.3) is 0 Å². The molecule has 0 bridgehead atoms. The topological polar surface area (TPSA) is 59.3 Å². The summed E-state index contributed by atoms with van der Waals surface area (Å²) in [6, 6.07) is 0. The van der Waals surface area contributed by atoms with Crippen molar-refractivity contribution in [1.29, 1.82) is 0 Å². The summed E-state index contributed by atoms with van der Waals surface area (Å²) in [5.74, 6) is -1.65. The fourth-order valence-electron chi connectivity index (χ4n) is 0.775. The number of alkyl halides is 1. The molecule has 4 nitrogen and oxygen atoms in total. The summed E-state index contributed by atoms with van der Waals surface area (Å²) in [4.78, 5) is 20.4. The van der Waals surface area contributed by atoms with Gasteiger partial charge in [-0.2, -0.15) is 0 Å². The Morgan fingerprint density at radius 1 is 1.83 bits per heavy atom. The highest BCUT2D eigenvalue weighted by molar-refractivity contribution is 7.07. The highest BCUT2D eigenvalue weighted by atomic mass is 32.1. The fourth-order valence-corrected chi connectivity index (χ4v) is 1.51. The minimum Gasteiger partial charge on any atom is -0.478 e. The number of rotatable bonds is 2. The first-order chi connectivity index (χ1) is 5.54. The number of aryl methyl sites for hydroxylation is 1. The first kappa shape index (κ1) is 8.92. The summed E-state index contributed by atoms with van der Waals surface area (Å²) in [7, 11) is 0. The van der Waals surface area contributed by atoms with Crippen LogP contribution >= 0.6 is 11.3 Å². The molecule has 0 aliphatic rings. The van der Waals surface area contributed by atoms with E-state index in [0.717, 1.165) is 11.3 Å². The number of hydrogen-bond donors (Lipinski definition) is 1. The van der Waals surface area contributed by atoms with Crippen LogP contribution < -0.4 is 4.87 Å². The molecular weight excluding hydrogens is 185 g/mol. The summed E-state index contributed by atoms with van der Waals surface area (Å²) in [6.07, 6.45) is -2.27. The molecular formula is C6H6FNO3S. The zero-order valence-corrected chi connectivity index (χ0v) is 6.97. The standard InChI is InChI=1S/C6H6FNO3S/c1-3-2-12-6(11)8(3)4(7)5(9)10/h2,4H,1H3,(H,9,10). The van der Waals surface area contributed by atoms with Crippen molar-refractivity contribution in [3.05, 3.63) is 20.7 Å². The maximum Gasteiger partial charge on any atom is 0.360 e. The highest BCUT2D eigenvalue weighted by Crippen LogP contribution is 2.10. The third kappa shape index (κ3) is 1.38. The normalized spacial score (nSPS) is 12.8. The maximum absolute atomic E-state index is 12.8. The van der Waals surface area contributed by atoms with E-state index in [9.17, 15) is 14.0 Å². The van der Waals surface area contributed by atoms with Crippen molar-refractivity contribution in [2.45, 2.75) is 13.2 Å². The van der Waals surface area contributed by atoms with Gasteiger partial charge in [0, 0.05) is 11.1 Å². The van der Waals surface area contributed by atoms with Crippen molar-refractivity contribution >= 4 is 17.3 Å². The molecule has 0 fully saturated rings. The molecule has 0 spiro atoms. The molecule has 6 heteroatoms. The largest absolute Gasteiger partial charge is 0.478 e. The van der Waals surface area contributed by atoms with Gasteiger partial charge in [0.05, 0.1) is 0 Å². The van der Waals surface area contributed by atoms with Gasteiger partial charge in [0.1, 0.15) is 0 Å². The monoisotopic (exact) mass is 191 g/mol. The average Bonchev–Trinajstić information content (AvgIpc) is 2.30. The van der Waals surface area contributed by atoms with Crippen molar-refractivity contribution in [3.8, 4) is 0 Å². The predicted molar refractivity (Wildman–Crippen MR) is 41.1 cm³/mol. The van der Waals surface area contributed by atoms with Gasteiger partial charge < -0.3 is 5.11 Å². The van der Waals surface area contributed by atoms with E-state index in [0.29, 0.717) is 10.3 Å². The molecule has 0 aromatic carbocycles. The van der Waals surface area contributed by atoms with E-state index in [1.807, 2.05) is 0 Å². The van der Waals surface area contributed by atoms with Gasteiger partial charge in [-0.25, -0.2) is 9.18 Å². The molecule has 0 aliphatic heterocycles. The molecule has 0 saturated heterocycles. The Morgan fingerprint density at radius 3 is 2.75 bits per heavy atom. The van der Waals surface area contributed by atoms with Gasteiger partial charge in [-0.1, -0.05) is 11.3 Å². The molecule has 1 unspecified atom stereocenters. The van der Waals surface area contributed by atoms with Crippen LogP contribution in [0.15, 0.2) is 10.2 Å². The van der Waals surface area contributed by atoms with E-state index < -0.39 is 17.1 Å². The molecule has 1 N–H and O–H groups in total.